The molecule has 9 nitrogen and oxygen atoms in total. The van der Waals surface area contributed by atoms with E-state index in [0.717, 1.165) is 10.4 Å². The molecule has 140 valence electrons. The van der Waals surface area contributed by atoms with Crippen LogP contribution in [0, 0.1) is 12.3 Å². The lowest BCUT2D eigenvalue weighted by atomic mass is 9.80. The Morgan fingerprint density at radius 1 is 1.32 bits per heavy atom. The Morgan fingerprint density at radius 3 is 2.44 bits per heavy atom. The van der Waals surface area contributed by atoms with Crippen molar-refractivity contribution in [3.63, 3.8) is 0 Å². The summed E-state index contributed by atoms with van der Waals surface area (Å²) in [6.07, 6.45) is 0.598. The second-order valence-electron chi connectivity index (χ2n) is 6.20. The largest absolute Gasteiger partial charge is 0.481 e. The number of carbonyl (C=O) groups excluding carboxylic acids is 1. The van der Waals surface area contributed by atoms with Crippen molar-refractivity contribution >= 4 is 21.9 Å². The maximum atomic E-state index is 12.4. The molecule has 1 aromatic heterocycles. The van der Waals surface area contributed by atoms with Crippen LogP contribution in [0.3, 0.4) is 0 Å². The topological polar surface area (TPSA) is 126 Å². The Hall–Kier alpha value is -1.91. The smallest absolute Gasteiger partial charge is 0.311 e. The minimum atomic E-state index is -3.80. The molecule has 0 aromatic carbocycles. The van der Waals surface area contributed by atoms with E-state index in [1.165, 1.54) is 21.0 Å². The van der Waals surface area contributed by atoms with Gasteiger partial charge in [0.1, 0.15) is 5.76 Å². The summed E-state index contributed by atoms with van der Waals surface area (Å²) in [7, 11) is -1.09. The van der Waals surface area contributed by atoms with Gasteiger partial charge in [0.25, 0.3) is 15.9 Å². The number of hydrogen-bond acceptors (Lipinski definition) is 6. The summed E-state index contributed by atoms with van der Waals surface area (Å²) in [6, 6.07) is 1.15. The molecule has 0 bridgehead atoms. The first-order chi connectivity index (χ1) is 11.6. The number of ether oxygens (including phenoxy) is 1. The van der Waals surface area contributed by atoms with E-state index >= 15 is 0 Å². The van der Waals surface area contributed by atoms with Crippen LogP contribution in [0.1, 0.15) is 29.0 Å². The number of carbonyl (C=O) groups is 2. The van der Waals surface area contributed by atoms with Crippen molar-refractivity contribution < 1.29 is 32.3 Å². The molecule has 10 heteroatoms. The maximum absolute atomic E-state index is 12.4. The Balaban J connectivity index is 2.16. The number of nitrogens with one attached hydrogen (secondary N) is 1. The summed E-state index contributed by atoms with van der Waals surface area (Å²) >= 11 is 0. The van der Waals surface area contributed by atoms with Crippen LogP contribution >= 0.6 is 0 Å². The molecule has 2 heterocycles. The fourth-order valence-electron chi connectivity index (χ4n) is 2.56. The van der Waals surface area contributed by atoms with E-state index in [-0.39, 0.29) is 23.0 Å². The number of carboxylic acids is 1. The second kappa shape index (κ2) is 7.14. The number of aryl methyl sites for hydroxylation is 1. The summed E-state index contributed by atoms with van der Waals surface area (Å²) in [5.74, 6) is -1.42. The van der Waals surface area contributed by atoms with E-state index < -0.39 is 27.3 Å². The van der Waals surface area contributed by atoms with E-state index in [0.29, 0.717) is 26.1 Å². The molecule has 1 aliphatic rings. The Kier molecular flexibility index (Phi) is 5.55. The summed E-state index contributed by atoms with van der Waals surface area (Å²) < 4.78 is 35.5. The number of hydrogen-bond donors (Lipinski definition) is 2. The summed E-state index contributed by atoms with van der Waals surface area (Å²) in [5, 5.41) is 11.7. The van der Waals surface area contributed by atoms with Crippen LogP contribution in [-0.2, 0) is 19.6 Å². The third-order valence-corrected chi connectivity index (χ3v) is 6.04. The third kappa shape index (κ3) is 3.86. The Morgan fingerprint density at radius 2 is 1.92 bits per heavy atom. The van der Waals surface area contributed by atoms with Gasteiger partial charge in [-0.15, -0.1) is 0 Å². The molecule has 1 aromatic rings. The van der Waals surface area contributed by atoms with Crippen molar-refractivity contribution in [1.82, 2.24) is 9.62 Å². The number of nitrogens with zero attached hydrogens (tertiary/aromatic N) is 1. The molecule has 25 heavy (non-hydrogen) atoms. The Bertz CT molecular complexity index is 761. The van der Waals surface area contributed by atoms with Gasteiger partial charge in [-0.05, 0) is 19.8 Å². The van der Waals surface area contributed by atoms with Gasteiger partial charge in [0.15, 0.2) is 0 Å². The van der Waals surface area contributed by atoms with Crippen LogP contribution in [0.4, 0.5) is 0 Å². The van der Waals surface area contributed by atoms with Crippen molar-refractivity contribution in [2.75, 3.05) is 33.9 Å². The predicted molar refractivity (Wildman–Crippen MR) is 86.8 cm³/mol. The van der Waals surface area contributed by atoms with Gasteiger partial charge >= 0.3 is 5.97 Å². The van der Waals surface area contributed by atoms with E-state index in [4.69, 9.17) is 9.15 Å². The van der Waals surface area contributed by atoms with Gasteiger partial charge in [0.05, 0.1) is 11.0 Å². The summed E-state index contributed by atoms with van der Waals surface area (Å²) in [4.78, 5) is 24.0. The SMILES string of the molecule is Cc1oc(S(=O)(=O)N(C)C)cc1C(=O)NCC1(C(=O)O)CCOCC1. The number of aliphatic carboxylic acids is 1. The fraction of sp³-hybridized carbons (Fsp3) is 0.600. The van der Waals surface area contributed by atoms with Gasteiger partial charge in [0.2, 0.25) is 5.09 Å². The lowest BCUT2D eigenvalue weighted by Crippen LogP contribution is -2.46. The molecule has 0 radical (unpaired) electrons. The number of furan rings is 1. The van der Waals surface area contributed by atoms with Gasteiger partial charge in [-0.3, -0.25) is 9.59 Å². The standard InChI is InChI=1S/C15H22N2O7S/c1-10-11(8-12(24-10)25(21,22)17(2)3)13(18)16-9-15(14(19)20)4-6-23-7-5-15/h8H,4-7,9H2,1-3H3,(H,16,18)(H,19,20). The zero-order chi connectivity index (χ0) is 18.8. The fourth-order valence-corrected chi connectivity index (χ4v) is 3.42. The van der Waals surface area contributed by atoms with Crippen molar-refractivity contribution in [3.05, 3.63) is 17.4 Å². The van der Waals surface area contributed by atoms with Crippen molar-refractivity contribution in [2.24, 2.45) is 5.41 Å². The van der Waals surface area contributed by atoms with E-state index in [1.807, 2.05) is 0 Å². The zero-order valence-electron chi connectivity index (χ0n) is 14.4. The van der Waals surface area contributed by atoms with E-state index in [1.54, 1.807) is 0 Å². The normalized spacial score (nSPS) is 17.4. The lowest BCUT2D eigenvalue weighted by Gasteiger charge is -2.33. The van der Waals surface area contributed by atoms with Crippen molar-refractivity contribution in [3.8, 4) is 0 Å². The van der Waals surface area contributed by atoms with Crippen LogP contribution in [0.25, 0.3) is 0 Å². The first-order valence-electron chi connectivity index (χ1n) is 7.72. The van der Waals surface area contributed by atoms with Crippen LogP contribution in [0.15, 0.2) is 15.6 Å². The molecule has 0 spiro atoms. The molecule has 0 aliphatic carbocycles. The van der Waals surface area contributed by atoms with Gasteiger partial charge in [-0.25, -0.2) is 12.7 Å². The highest BCUT2D eigenvalue weighted by Crippen LogP contribution is 2.30. The average Bonchev–Trinajstić information content (AvgIpc) is 2.96. The molecular weight excluding hydrogens is 352 g/mol. The molecule has 0 saturated carbocycles. The molecule has 1 saturated heterocycles. The quantitative estimate of drug-likeness (QED) is 0.740. The van der Waals surface area contributed by atoms with Crippen LogP contribution in [0.2, 0.25) is 0 Å². The van der Waals surface area contributed by atoms with Crippen LogP contribution in [-0.4, -0.2) is 63.6 Å². The molecule has 1 aliphatic heterocycles. The minimum Gasteiger partial charge on any atom is -0.481 e. The van der Waals surface area contributed by atoms with Crippen molar-refractivity contribution in [1.29, 1.82) is 0 Å². The van der Waals surface area contributed by atoms with Crippen molar-refractivity contribution in [2.45, 2.75) is 24.9 Å². The minimum absolute atomic E-state index is 0.0630. The number of amides is 1. The zero-order valence-corrected chi connectivity index (χ0v) is 15.2. The number of sulfonamides is 1. The van der Waals surface area contributed by atoms with E-state index in [2.05, 4.69) is 5.32 Å². The van der Waals surface area contributed by atoms with E-state index in [9.17, 15) is 23.1 Å². The van der Waals surface area contributed by atoms with Gasteiger partial charge in [-0.1, -0.05) is 0 Å². The number of rotatable bonds is 6. The molecule has 2 N–H and O–H groups in total. The van der Waals surface area contributed by atoms with Crippen LogP contribution < -0.4 is 5.32 Å². The van der Waals surface area contributed by atoms with Gasteiger partial charge in [0, 0.05) is 39.9 Å². The molecule has 0 unspecified atom stereocenters. The Labute approximate surface area is 146 Å². The first-order valence-corrected chi connectivity index (χ1v) is 9.16. The molecule has 0 atom stereocenters. The molecule has 2 rings (SSSR count). The second-order valence-corrected chi connectivity index (χ2v) is 8.29. The highest BCUT2D eigenvalue weighted by atomic mass is 32.2. The third-order valence-electron chi connectivity index (χ3n) is 4.37. The average molecular weight is 374 g/mol. The summed E-state index contributed by atoms with van der Waals surface area (Å²) in [6.45, 7) is 2.05. The predicted octanol–water partition coefficient (Wildman–Crippen LogP) is 0.450. The molecule has 1 fully saturated rings. The highest BCUT2D eigenvalue weighted by molar-refractivity contribution is 7.88. The number of carboxylic acid groups (broad SMARTS) is 1. The monoisotopic (exact) mass is 374 g/mol. The van der Waals surface area contributed by atoms with Gasteiger partial charge in [-0.2, -0.15) is 0 Å². The van der Waals surface area contributed by atoms with Crippen LogP contribution in [0.5, 0.6) is 0 Å². The first kappa shape index (κ1) is 19.4. The molecule has 1 amide bonds. The van der Waals surface area contributed by atoms with Gasteiger partial charge < -0.3 is 19.6 Å². The maximum Gasteiger partial charge on any atom is 0.311 e. The highest BCUT2D eigenvalue weighted by Gasteiger charge is 2.40. The molecular formula is C15H22N2O7S. The lowest BCUT2D eigenvalue weighted by molar-refractivity contribution is -0.154. The summed E-state index contributed by atoms with van der Waals surface area (Å²) in [5.41, 5.74) is -1.02.